The van der Waals surface area contributed by atoms with E-state index in [1.807, 2.05) is 7.11 Å². The minimum absolute atomic E-state index is 0.108. The Hall–Kier alpha value is -0.450. The minimum Gasteiger partial charge on any atom is -0.377 e. The topological polar surface area (TPSA) is 34.2 Å². The van der Waals surface area contributed by atoms with Crippen LogP contribution in [0.2, 0.25) is 0 Å². The van der Waals surface area contributed by atoms with Crippen LogP contribution >= 0.6 is 11.3 Å². The van der Waals surface area contributed by atoms with Gasteiger partial charge in [-0.1, -0.05) is 41.5 Å². The molecule has 1 aromatic rings. The Bertz CT molecular complexity index is 410. The predicted octanol–water partition coefficient (Wildman–Crippen LogP) is 4.17. The van der Waals surface area contributed by atoms with Crippen molar-refractivity contribution in [3.05, 3.63) is 16.1 Å². The summed E-state index contributed by atoms with van der Waals surface area (Å²) >= 11 is 1.77. The van der Waals surface area contributed by atoms with Crippen molar-refractivity contribution in [2.45, 2.75) is 77.9 Å². The number of ether oxygens (including phenoxy) is 1. The highest BCUT2D eigenvalue weighted by atomic mass is 32.1. The Labute approximate surface area is 134 Å². The highest BCUT2D eigenvalue weighted by Crippen LogP contribution is 2.29. The molecule has 0 bridgehead atoms. The molecule has 3 nitrogen and oxygen atoms in total. The molecule has 0 aliphatic carbocycles. The van der Waals surface area contributed by atoms with Gasteiger partial charge in [-0.2, -0.15) is 0 Å². The fourth-order valence-corrected chi connectivity index (χ4v) is 3.86. The third kappa shape index (κ3) is 4.51. The van der Waals surface area contributed by atoms with E-state index in [-0.39, 0.29) is 11.0 Å². The highest BCUT2D eigenvalue weighted by Gasteiger charge is 2.36. The number of thiazole rings is 1. The number of rotatable bonds is 8. The number of methoxy groups -OCH3 is 1. The van der Waals surface area contributed by atoms with Gasteiger partial charge in [0.15, 0.2) is 0 Å². The van der Waals surface area contributed by atoms with Crippen molar-refractivity contribution in [1.82, 2.24) is 10.3 Å². The number of aromatic nitrogens is 1. The molecular weight excluding hydrogens is 280 g/mol. The standard InChI is InChI=1S/C17H32N2OS/c1-8-17(9-2,20-7)13(18-10-3)11-15-19-14(12-21-15)16(4,5)6/h12-13,18H,8-11H2,1-7H3. The second-order valence-corrected chi connectivity index (χ2v) is 7.61. The van der Waals surface area contributed by atoms with E-state index in [2.05, 4.69) is 52.2 Å². The molecule has 0 fully saturated rings. The summed E-state index contributed by atoms with van der Waals surface area (Å²) in [4.78, 5) is 4.84. The largest absolute Gasteiger partial charge is 0.377 e. The molecular formula is C17H32N2OS. The van der Waals surface area contributed by atoms with Crippen LogP contribution in [0.25, 0.3) is 0 Å². The van der Waals surface area contributed by atoms with Crippen LogP contribution in [-0.4, -0.2) is 30.3 Å². The fraction of sp³-hybridized carbons (Fsp3) is 0.824. The first kappa shape index (κ1) is 18.6. The van der Waals surface area contributed by atoms with Crippen LogP contribution in [-0.2, 0) is 16.6 Å². The molecule has 0 spiro atoms. The van der Waals surface area contributed by atoms with E-state index in [1.54, 1.807) is 11.3 Å². The SMILES string of the molecule is CCNC(Cc1nc(C(C)(C)C)cs1)C(CC)(CC)OC. The van der Waals surface area contributed by atoms with Crippen LogP contribution in [0.5, 0.6) is 0 Å². The van der Waals surface area contributed by atoms with E-state index in [4.69, 9.17) is 9.72 Å². The van der Waals surface area contributed by atoms with E-state index in [0.717, 1.165) is 25.8 Å². The molecule has 1 N–H and O–H groups in total. The summed E-state index contributed by atoms with van der Waals surface area (Å²) in [6.07, 6.45) is 2.95. The molecule has 4 heteroatoms. The second-order valence-electron chi connectivity index (χ2n) is 6.67. The first-order valence-corrected chi connectivity index (χ1v) is 8.94. The third-order valence-electron chi connectivity index (χ3n) is 4.39. The Morgan fingerprint density at radius 3 is 2.24 bits per heavy atom. The van der Waals surface area contributed by atoms with Gasteiger partial charge >= 0.3 is 0 Å². The summed E-state index contributed by atoms with van der Waals surface area (Å²) in [5.74, 6) is 0. The average Bonchev–Trinajstić information content (AvgIpc) is 2.90. The van der Waals surface area contributed by atoms with Gasteiger partial charge in [-0.25, -0.2) is 4.98 Å². The average molecular weight is 313 g/mol. The zero-order valence-corrected chi connectivity index (χ0v) is 15.6. The summed E-state index contributed by atoms with van der Waals surface area (Å²) in [6.45, 7) is 14.2. The van der Waals surface area contributed by atoms with Gasteiger partial charge in [0.05, 0.1) is 16.3 Å². The molecule has 0 amide bonds. The zero-order valence-electron chi connectivity index (χ0n) is 14.7. The monoisotopic (exact) mass is 312 g/mol. The summed E-state index contributed by atoms with van der Waals surface area (Å²) in [6, 6.07) is 0.307. The number of hydrogen-bond donors (Lipinski definition) is 1. The summed E-state index contributed by atoms with van der Waals surface area (Å²) in [7, 11) is 1.83. The Kier molecular flexibility index (Phi) is 6.82. The van der Waals surface area contributed by atoms with E-state index < -0.39 is 0 Å². The van der Waals surface area contributed by atoms with Crippen LogP contribution < -0.4 is 5.32 Å². The lowest BCUT2D eigenvalue weighted by Crippen LogP contribution is -2.52. The molecule has 0 radical (unpaired) electrons. The maximum absolute atomic E-state index is 5.91. The van der Waals surface area contributed by atoms with Gasteiger partial charge in [0, 0.05) is 30.4 Å². The minimum atomic E-state index is -0.108. The molecule has 0 aliphatic heterocycles. The second kappa shape index (κ2) is 7.70. The van der Waals surface area contributed by atoms with Gasteiger partial charge in [0.1, 0.15) is 0 Å². The van der Waals surface area contributed by atoms with Crippen LogP contribution in [0.4, 0.5) is 0 Å². The van der Waals surface area contributed by atoms with Gasteiger partial charge in [-0.3, -0.25) is 0 Å². The van der Waals surface area contributed by atoms with E-state index in [0.29, 0.717) is 6.04 Å². The van der Waals surface area contributed by atoms with Crippen molar-refractivity contribution in [3.63, 3.8) is 0 Å². The van der Waals surface area contributed by atoms with Crippen LogP contribution in [0.15, 0.2) is 5.38 Å². The molecule has 1 aromatic heterocycles. The third-order valence-corrected chi connectivity index (χ3v) is 5.26. The lowest BCUT2D eigenvalue weighted by Gasteiger charge is -2.38. The summed E-state index contributed by atoms with van der Waals surface area (Å²) in [5.41, 5.74) is 1.20. The molecule has 0 aromatic carbocycles. The van der Waals surface area contributed by atoms with Gasteiger partial charge in [0.25, 0.3) is 0 Å². The number of hydrogen-bond acceptors (Lipinski definition) is 4. The van der Waals surface area contributed by atoms with Crippen molar-refractivity contribution < 1.29 is 4.74 Å². The van der Waals surface area contributed by atoms with Gasteiger partial charge < -0.3 is 10.1 Å². The van der Waals surface area contributed by atoms with Crippen LogP contribution in [0, 0.1) is 0 Å². The Morgan fingerprint density at radius 1 is 1.24 bits per heavy atom. The molecule has 0 saturated heterocycles. The Morgan fingerprint density at radius 2 is 1.86 bits per heavy atom. The van der Waals surface area contributed by atoms with Crippen molar-refractivity contribution in [2.24, 2.45) is 0 Å². The first-order valence-electron chi connectivity index (χ1n) is 8.06. The van der Waals surface area contributed by atoms with Gasteiger partial charge in [0.2, 0.25) is 0 Å². The van der Waals surface area contributed by atoms with Crippen LogP contribution in [0.3, 0.4) is 0 Å². The maximum atomic E-state index is 5.91. The summed E-state index contributed by atoms with van der Waals surface area (Å²) in [5, 5.41) is 7.02. The first-order chi connectivity index (χ1) is 9.82. The molecule has 0 aliphatic rings. The lowest BCUT2D eigenvalue weighted by molar-refractivity contribution is -0.0468. The maximum Gasteiger partial charge on any atom is 0.0945 e. The van der Waals surface area contributed by atoms with E-state index >= 15 is 0 Å². The molecule has 1 rings (SSSR count). The van der Waals surface area contributed by atoms with Gasteiger partial charge in [-0.05, 0) is 19.4 Å². The zero-order chi connectivity index (χ0) is 16.1. The Balaban J connectivity index is 2.95. The van der Waals surface area contributed by atoms with E-state index in [9.17, 15) is 0 Å². The molecule has 1 unspecified atom stereocenters. The molecule has 21 heavy (non-hydrogen) atoms. The van der Waals surface area contributed by atoms with Crippen LogP contribution in [0.1, 0.15) is 65.1 Å². The smallest absolute Gasteiger partial charge is 0.0945 e. The van der Waals surface area contributed by atoms with Crippen molar-refractivity contribution in [2.75, 3.05) is 13.7 Å². The fourth-order valence-electron chi connectivity index (χ4n) is 2.79. The van der Waals surface area contributed by atoms with Crippen molar-refractivity contribution >= 4 is 11.3 Å². The normalized spacial score (nSPS) is 14.4. The number of nitrogens with zero attached hydrogens (tertiary/aromatic N) is 1. The van der Waals surface area contributed by atoms with Gasteiger partial charge in [-0.15, -0.1) is 11.3 Å². The highest BCUT2D eigenvalue weighted by molar-refractivity contribution is 7.09. The van der Waals surface area contributed by atoms with Crippen molar-refractivity contribution in [3.8, 4) is 0 Å². The lowest BCUT2D eigenvalue weighted by atomic mass is 9.86. The molecule has 0 saturated carbocycles. The number of likely N-dealkylation sites (N-methyl/N-ethyl adjacent to an activating group) is 1. The molecule has 1 atom stereocenters. The number of nitrogens with one attached hydrogen (secondary N) is 1. The van der Waals surface area contributed by atoms with E-state index in [1.165, 1.54) is 10.7 Å². The van der Waals surface area contributed by atoms with Crippen molar-refractivity contribution in [1.29, 1.82) is 0 Å². The molecule has 1 heterocycles. The quantitative estimate of drug-likeness (QED) is 0.782. The summed E-state index contributed by atoms with van der Waals surface area (Å²) < 4.78 is 5.91. The predicted molar refractivity (Wildman–Crippen MR) is 92.3 cm³/mol. The molecule has 122 valence electrons.